The molecule has 0 saturated carbocycles. The van der Waals surface area contributed by atoms with Crippen molar-refractivity contribution in [2.45, 2.75) is 18.7 Å². The van der Waals surface area contributed by atoms with Gasteiger partial charge in [0, 0.05) is 18.8 Å². The van der Waals surface area contributed by atoms with Gasteiger partial charge in [0.2, 0.25) is 5.91 Å². The Morgan fingerprint density at radius 2 is 1.57 bits per heavy atom. The first kappa shape index (κ1) is 17.5. The van der Waals surface area contributed by atoms with Crippen LogP contribution in [0.2, 0.25) is 0 Å². The number of hydrogen-bond donors (Lipinski definition) is 0. The number of carbonyl (C=O) groups is 1. The van der Waals surface area contributed by atoms with Crippen molar-refractivity contribution in [3.8, 4) is 0 Å². The fourth-order valence-electron chi connectivity index (χ4n) is 2.09. The average Bonchev–Trinajstić information content (AvgIpc) is 2.55. The molecule has 0 heterocycles. The molecule has 0 saturated heterocycles. The van der Waals surface area contributed by atoms with Gasteiger partial charge in [-0.1, -0.05) is 24.3 Å². The van der Waals surface area contributed by atoms with Crippen LogP contribution in [0.1, 0.15) is 23.3 Å². The Bertz CT molecular complexity index is 643. The summed E-state index contributed by atoms with van der Waals surface area (Å²) in [7, 11) is 1.73. The Balaban J connectivity index is 1.83. The number of thioether (sulfide) groups is 1. The van der Waals surface area contributed by atoms with E-state index in [1.165, 1.54) is 36.0 Å². The van der Waals surface area contributed by atoms with Crippen molar-refractivity contribution >= 4 is 17.7 Å². The third-order valence-electron chi connectivity index (χ3n) is 3.55. The largest absolute Gasteiger partial charge is 0.341 e. The number of halogens is 2. The maximum Gasteiger partial charge on any atom is 0.232 e. The van der Waals surface area contributed by atoms with Gasteiger partial charge < -0.3 is 4.90 Å². The number of rotatable bonds is 6. The van der Waals surface area contributed by atoms with E-state index < -0.39 is 0 Å². The van der Waals surface area contributed by atoms with Crippen LogP contribution in [-0.4, -0.2) is 23.6 Å². The number of nitrogens with zero attached hydrogens (tertiary/aromatic N) is 1. The van der Waals surface area contributed by atoms with E-state index in [9.17, 15) is 13.6 Å². The van der Waals surface area contributed by atoms with Gasteiger partial charge in [0.25, 0.3) is 0 Å². The highest BCUT2D eigenvalue weighted by molar-refractivity contribution is 8.00. The average molecular weight is 335 g/mol. The van der Waals surface area contributed by atoms with Gasteiger partial charge in [-0.05, 0) is 42.3 Å². The van der Waals surface area contributed by atoms with Crippen molar-refractivity contribution in [1.82, 2.24) is 4.90 Å². The van der Waals surface area contributed by atoms with E-state index in [1.807, 2.05) is 6.92 Å². The fourth-order valence-corrected chi connectivity index (χ4v) is 3.05. The lowest BCUT2D eigenvalue weighted by molar-refractivity contribution is -0.127. The molecule has 0 bridgehead atoms. The van der Waals surface area contributed by atoms with Crippen molar-refractivity contribution in [2.24, 2.45) is 0 Å². The highest BCUT2D eigenvalue weighted by atomic mass is 32.2. The predicted octanol–water partition coefficient (Wildman–Crippen LogP) is 4.42. The SMILES string of the molecule is CC(SCC(=O)N(C)Cc1ccc(F)cc1)c1ccc(F)cc1. The van der Waals surface area contributed by atoms with E-state index in [0.29, 0.717) is 12.3 Å². The molecule has 2 rings (SSSR count). The van der Waals surface area contributed by atoms with Gasteiger partial charge in [-0.15, -0.1) is 11.8 Å². The lowest BCUT2D eigenvalue weighted by Gasteiger charge is -2.18. The first-order valence-electron chi connectivity index (χ1n) is 7.31. The summed E-state index contributed by atoms with van der Waals surface area (Å²) in [5.74, 6) is -0.197. The van der Waals surface area contributed by atoms with Crippen LogP contribution in [0.3, 0.4) is 0 Å². The van der Waals surface area contributed by atoms with Crippen LogP contribution in [-0.2, 0) is 11.3 Å². The normalized spacial score (nSPS) is 12.0. The van der Waals surface area contributed by atoms with Gasteiger partial charge in [-0.2, -0.15) is 0 Å². The minimum absolute atomic E-state index is 0.00767. The Morgan fingerprint density at radius 3 is 2.13 bits per heavy atom. The molecule has 1 amide bonds. The summed E-state index contributed by atoms with van der Waals surface area (Å²) in [6.45, 7) is 2.44. The summed E-state index contributed by atoms with van der Waals surface area (Å²) >= 11 is 1.51. The van der Waals surface area contributed by atoms with Crippen molar-refractivity contribution < 1.29 is 13.6 Å². The van der Waals surface area contributed by atoms with Crippen LogP contribution in [0, 0.1) is 11.6 Å². The van der Waals surface area contributed by atoms with Crippen molar-refractivity contribution in [2.75, 3.05) is 12.8 Å². The van der Waals surface area contributed by atoms with E-state index in [-0.39, 0.29) is 22.8 Å². The Hall–Kier alpha value is -1.88. The standard InChI is InChI=1S/C18H19F2NOS/c1-13(15-5-9-17(20)10-6-15)23-12-18(22)21(2)11-14-3-7-16(19)8-4-14/h3-10,13H,11-12H2,1-2H3. The van der Waals surface area contributed by atoms with Crippen LogP contribution in [0.25, 0.3) is 0 Å². The van der Waals surface area contributed by atoms with Gasteiger partial charge in [0.15, 0.2) is 0 Å². The summed E-state index contributed by atoms with van der Waals surface area (Å²) in [5.41, 5.74) is 1.88. The highest BCUT2D eigenvalue weighted by Gasteiger charge is 2.13. The Morgan fingerprint density at radius 1 is 1.04 bits per heavy atom. The molecule has 0 aliphatic heterocycles. The molecule has 2 nitrogen and oxygen atoms in total. The molecule has 2 aromatic rings. The van der Waals surface area contributed by atoms with E-state index in [4.69, 9.17) is 0 Å². The maximum atomic E-state index is 12.9. The molecule has 1 unspecified atom stereocenters. The number of carbonyl (C=O) groups excluding carboxylic acids is 1. The predicted molar refractivity (Wildman–Crippen MR) is 90.1 cm³/mol. The van der Waals surface area contributed by atoms with Gasteiger partial charge >= 0.3 is 0 Å². The zero-order valence-corrected chi connectivity index (χ0v) is 13.9. The van der Waals surface area contributed by atoms with E-state index in [1.54, 1.807) is 36.2 Å². The Labute approximate surface area is 139 Å². The lowest BCUT2D eigenvalue weighted by atomic mass is 10.2. The second-order valence-corrected chi connectivity index (χ2v) is 6.71. The molecular formula is C18H19F2NOS. The third kappa shape index (κ3) is 5.36. The fraction of sp³-hybridized carbons (Fsp3) is 0.278. The molecule has 0 fully saturated rings. The molecule has 5 heteroatoms. The zero-order valence-electron chi connectivity index (χ0n) is 13.1. The molecule has 23 heavy (non-hydrogen) atoms. The smallest absolute Gasteiger partial charge is 0.232 e. The molecule has 0 aliphatic rings. The van der Waals surface area contributed by atoms with E-state index >= 15 is 0 Å². The van der Waals surface area contributed by atoms with Gasteiger partial charge in [0.05, 0.1) is 5.75 Å². The van der Waals surface area contributed by atoms with Gasteiger partial charge in [-0.25, -0.2) is 8.78 Å². The van der Waals surface area contributed by atoms with Crippen LogP contribution in [0.5, 0.6) is 0 Å². The monoisotopic (exact) mass is 335 g/mol. The van der Waals surface area contributed by atoms with Crippen molar-refractivity contribution in [3.63, 3.8) is 0 Å². The zero-order chi connectivity index (χ0) is 16.8. The summed E-state index contributed by atoms with van der Waals surface area (Å²) in [6.07, 6.45) is 0. The van der Waals surface area contributed by atoms with Crippen LogP contribution < -0.4 is 0 Å². The molecule has 0 aromatic heterocycles. The number of benzene rings is 2. The molecule has 122 valence electrons. The molecule has 0 aliphatic carbocycles. The van der Waals surface area contributed by atoms with E-state index in [2.05, 4.69) is 0 Å². The van der Waals surface area contributed by atoms with Crippen LogP contribution >= 0.6 is 11.8 Å². The number of hydrogen-bond acceptors (Lipinski definition) is 2. The summed E-state index contributed by atoms with van der Waals surface area (Å²) < 4.78 is 25.8. The van der Waals surface area contributed by atoms with Crippen molar-refractivity contribution in [3.05, 3.63) is 71.3 Å². The topological polar surface area (TPSA) is 20.3 Å². The summed E-state index contributed by atoms with van der Waals surface area (Å²) in [6, 6.07) is 12.4. The first-order valence-corrected chi connectivity index (χ1v) is 8.36. The molecule has 0 N–H and O–H groups in total. The number of amides is 1. The maximum absolute atomic E-state index is 12.9. The van der Waals surface area contributed by atoms with Gasteiger partial charge in [-0.3, -0.25) is 4.79 Å². The van der Waals surface area contributed by atoms with Crippen LogP contribution in [0.15, 0.2) is 48.5 Å². The quantitative estimate of drug-likeness (QED) is 0.779. The highest BCUT2D eigenvalue weighted by Crippen LogP contribution is 2.28. The van der Waals surface area contributed by atoms with Crippen LogP contribution in [0.4, 0.5) is 8.78 Å². The lowest BCUT2D eigenvalue weighted by Crippen LogP contribution is -2.28. The summed E-state index contributed by atoms with van der Waals surface area (Å²) in [4.78, 5) is 13.8. The second-order valence-electron chi connectivity index (χ2n) is 5.38. The molecular weight excluding hydrogens is 316 g/mol. The Kier molecular flexibility index (Phi) is 6.16. The minimum Gasteiger partial charge on any atom is -0.341 e. The molecule has 0 spiro atoms. The summed E-state index contributed by atoms with van der Waals surface area (Å²) in [5, 5.41) is 0.110. The van der Waals surface area contributed by atoms with Crippen molar-refractivity contribution in [1.29, 1.82) is 0 Å². The first-order chi connectivity index (χ1) is 11.0. The van der Waals surface area contributed by atoms with Gasteiger partial charge in [0.1, 0.15) is 11.6 Å². The molecule has 2 aromatic carbocycles. The second kappa shape index (κ2) is 8.11. The minimum atomic E-state index is -0.286. The molecule has 1 atom stereocenters. The molecule has 0 radical (unpaired) electrons. The van der Waals surface area contributed by atoms with E-state index in [0.717, 1.165) is 11.1 Å². The third-order valence-corrected chi connectivity index (χ3v) is 4.74.